The van der Waals surface area contributed by atoms with Crippen molar-refractivity contribution < 1.29 is 4.42 Å². The average molecular weight is 468 g/mol. The summed E-state index contributed by atoms with van der Waals surface area (Å²) < 4.78 is 7.07. The van der Waals surface area contributed by atoms with Gasteiger partial charge in [-0.25, -0.2) is 9.98 Å². The number of benzene rings is 1. The molecule has 4 rings (SSSR count). The minimum absolute atomic E-state index is 0. The van der Waals surface area contributed by atoms with Crippen molar-refractivity contribution in [3.63, 3.8) is 0 Å². The summed E-state index contributed by atoms with van der Waals surface area (Å²) in [5.41, 5.74) is 7.09. The van der Waals surface area contributed by atoms with Crippen LogP contribution >= 0.6 is 35.3 Å². The van der Waals surface area contributed by atoms with Crippen molar-refractivity contribution in [3.05, 3.63) is 42.2 Å². The molecule has 0 spiro atoms. The molecule has 25 heavy (non-hydrogen) atoms. The topological polar surface area (TPSA) is 67.6 Å². The van der Waals surface area contributed by atoms with Crippen LogP contribution in [0.2, 0.25) is 0 Å². The lowest BCUT2D eigenvalue weighted by atomic mass is 10.1. The summed E-state index contributed by atoms with van der Waals surface area (Å²) in [6, 6.07) is 12.0. The van der Waals surface area contributed by atoms with Crippen LogP contribution in [0.3, 0.4) is 0 Å². The van der Waals surface area contributed by atoms with Crippen molar-refractivity contribution in [1.82, 2.24) is 9.88 Å². The zero-order valence-electron chi connectivity index (χ0n) is 13.9. The molecule has 0 amide bonds. The molecular weight excluding hydrogens is 447 g/mol. The van der Waals surface area contributed by atoms with Crippen LogP contribution in [0.5, 0.6) is 0 Å². The van der Waals surface area contributed by atoms with Crippen LogP contribution in [0.15, 0.2) is 45.8 Å². The van der Waals surface area contributed by atoms with E-state index in [1.807, 2.05) is 30.3 Å². The molecule has 1 aliphatic rings. The van der Waals surface area contributed by atoms with Gasteiger partial charge in [-0.3, -0.25) is 0 Å². The molecule has 1 saturated heterocycles. The van der Waals surface area contributed by atoms with Gasteiger partial charge >= 0.3 is 0 Å². The average Bonchev–Trinajstić information content (AvgIpc) is 3.27. The van der Waals surface area contributed by atoms with Crippen LogP contribution in [0.4, 0.5) is 0 Å². The number of hydrogen-bond acceptors (Lipinski definition) is 4. The van der Waals surface area contributed by atoms with Crippen LogP contribution in [0, 0.1) is 0 Å². The molecule has 0 radical (unpaired) electrons. The van der Waals surface area contributed by atoms with Crippen LogP contribution in [-0.4, -0.2) is 28.9 Å². The maximum atomic E-state index is 6.09. The minimum atomic E-state index is 0. The van der Waals surface area contributed by atoms with Crippen LogP contribution in [0.1, 0.15) is 25.0 Å². The molecule has 1 fully saturated rings. The highest BCUT2D eigenvalue weighted by Gasteiger charge is 2.13. The summed E-state index contributed by atoms with van der Waals surface area (Å²) in [4.78, 5) is 11.3. The second-order valence-electron chi connectivity index (χ2n) is 5.97. The van der Waals surface area contributed by atoms with E-state index in [1.54, 1.807) is 11.3 Å². The zero-order valence-corrected chi connectivity index (χ0v) is 17.0. The lowest BCUT2D eigenvalue weighted by Gasteiger charge is -2.27. The fourth-order valence-electron chi connectivity index (χ4n) is 2.94. The number of aromatic nitrogens is 1. The molecule has 1 aliphatic heterocycles. The smallest absolute Gasteiger partial charge is 0.191 e. The third kappa shape index (κ3) is 4.14. The molecule has 0 atom stereocenters. The van der Waals surface area contributed by atoms with E-state index in [4.69, 9.17) is 10.2 Å². The van der Waals surface area contributed by atoms with Gasteiger partial charge in [0.25, 0.3) is 0 Å². The fourth-order valence-corrected chi connectivity index (χ4v) is 3.86. The van der Waals surface area contributed by atoms with Crippen molar-refractivity contribution in [2.75, 3.05) is 13.1 Å². The maximum Gasteiger partial charge on any atom is 0.191 e. The van der Waals surface area contributed by atoms with Crippen molar-refractivity contribution in [3.8, 4) is 10.8 Å². The number of hydrogen-bond donors (Lipinski definition) is 1. The van der Waals surface area contributed by atoms with Gasteiger partial charge in [0, 0.05) is 13.1 Å². The van der Waals surface area contributed by atoms with E-state index in [2.05, 4.69) is 20.9 Å². The Balaban J connectivity index is 0.00000182. The first-order valence-electron chi connectivity index (χ1n) is 8.29. The molecule has 2 N–H and O–H groups in total. The summed E-state index contributed by atoms with van der Waals surface area (Å²) in [5.74, 6) is 2.22. The Hall–Kier alpha value is -1.61. The predicted molar refractivity (Wildman–Crippen MR) is 113 cm³/mol. The maximum absolute atomic E-state index is 6.09. The molecule has 0 bridgehead atoms. The predicted octanol–water partition coefficient (Wildman–Crippen LogP) is 4.47. The van der Waals surface area contributed by atoms with E-state index in [0.29, 0.717) is 12.5 Å². The first kappa shape index (κ1) is 18.2. The Bertz CT molecular complexity index is 834. The highest BCUT2D eigenvalue weighted by atomic mass is 127. The Morgan fingerprint density at radius 3 is 2.76 bits per heavy atom. The van der Waals surface area contributed by atoms with Crippen LogP contribution in [0.25, 0.3) is 21.0 Å². The van der Waals surface area contributed by atoms with Gasteiger partial charge in [0.15, 0.2) is 16.7 Å². The van der Waals surface area contributed by atoms with Crippen LogP contribution < -0.4 is 5.73 Å². The highest BCUT2D eigenvalue weighted by Crippen LogP contribution is 2.31. The van der Waals surface area contributed by atoms with Crippen molar-refractivity contribution in [1.29, 1.82) is 0 Å². The number of likely N-dealkylation sites (tertiary alicyclic amines) is 1. The Kier molecular flexibility index (Phi) is 5.95. The summed E-state index contributed by atoms with van der Waals surface area (Å²) in [5, 5.41) is 0.899. The monoisotopic (exact) mass is 468 g/mol. The van der Waals surface area contributed by atoms with E-state index in [1.165, 1.54) is 19.3 Å². The van der Waals surface area contributed by atoms with Gasteiger partial charge in [0.2, 0.25) is 0 Å². The molecule has 2 aromatic heterocycles. The van der Waals surface area contributed by atoms with Crippen molar-refractivity contribution in [2.45, 2.75) is 25.8 Å². The number of nitrogens with zero attached hydrogens (tertiary/aromatic N) is 3. The SMILES string of the molecule is I.NC(=NCc1ccc(-c2nc3ccccc3s2)o1)N1CCCCC1. The summed E-state index contributed by atoms with van der Waals surface area (Å²) >= 11 is 1.64. The number of fused-ring (bicyclic) bond motifs is 1. The summed E-state index contributed by atoms with van der Waals surface area (Å²) in [7, 11) is 0. The summed E-state index contributed by atoms with van der Waals surface area (Å²) in [6.45, 7) is 2.47. The standard InChI is InChI=1S/C18H20N4OS.HI/c19-18(22-10-4-1-5-11-22)20-12-13-8-9-15(23-13)17-21-14-6-2-3-7-16(14)24-17;/h2-3,6-9H,1,4-5,10-12H2,(H2,19,20);1H. The third-order valence-corrected chi connectivity index (χ3v) is 5.29. The lowest BCUT2D eigenvalue weighted by molar-refractivity contribution is 0.337. The summed E-state index contributed by atoms with van der Waals surface area (Å²) in [6.07, 6.45) is 3.67. The van der Waals surface area contributed by atoms with Gasteiger partial charge in [-0.05, 0) is 43.5 Å². The first-order valence-corrected chi connectivity index (χ1v) is 9.11. The molecule has 5 nitrogen and oxygen atoms in total. The number of piperidine rings is 1. The number of nitrogens with two attached hydrogens (primary N) is 1. The first-order chi connectivity index (χ1) is 11.8. The van der Waals surface area contributed by atoms with Gasteiger partial charge in [0.05, 0.1) is 10.2 Å². The van der Waals surface area contributed by atoms with E-state index >= 15 is 0 Å². The molecule has 0 saturated carbocycles. The van der Waals surface area contributed by atoms with E-state index in [9.17, 15) is 0 Å². The van der Waals surface area contributed by atoms with Gasteiger partial charge in [0.1, 0.15) is 12.3 Å². The fraction of sp³-hybridized carbons (Fsp3) is 0.333. The number of thiazole rings is 1. The zero-order chi connectivity index (χ0) is 16.4. The lowest BCUT2D eigenvalue weighted by Crippen LogP contribution is -2.40. The number of para-hydroxylation sites is 1. The second-order valence-corrected chi connectivity index (χ2v) is 7.01. The third-order valence-electron chi connectivity index (χ3n) is 4.24. The molecule has 7 heteroatoms. The Morgan fingerprint density at radius 1 is 1.16 bits per heavy atom. The normalized spacial score (nSPS) is 15.4. The number of rotatable bonds is 3. The second kappa shape index (κ2) is 8.18. The van der Waals surface area contributed by atoms with Gasteiger partial charge < -0.3 is 15.1 Å². The largest absolute Gasteiger partial charge is 0.457 e. The van der Waals surface area contributed by atoms with Gasteiger partial charge in [-0.2, -0.15) is 0 Å². The van der Waals surface area contributed by atoms with E-state index in [0.717, 1.165) is 39.8 Å². The molecule has 0 unspecified atom stereocenters. The Morgan fingerprint density at radius 2 is 1.96 bits per heavy atom. The highest BCUT2D eigenvalue weighted by molar-refractivity contribution is 14.0. The van der Waals surface area contributed by atoms with Crippen molar-refractivity contribution in [2.24, 2.45) is 10.7 Å². The van der Waals surface area contributed by atoms with E-state index < -0.39 is 0 Å². The number of aliphatic imine (C=N–C) groups is 1. The number of halogens is 1. The minimum Gasteiger partial charge on any atom is -0.457 e. The Labute approximate surface area is 168 Å². The van der Waals surface area contributed by atoms with Gasteiger partial charge in [-0.1, -0.05) is 12.1 Å². The molecule has 3 aromatic rings. The number of furan rings is 1. The van der Waals surface area contributed by atoms with Crippen molar-refractivity contribution >= 4 is 51.5 Å². The quantitative estimate of drug-likeness (QED) is 0.350. The molecule has 0 aliphatic carbocycles. The molecular formula is C18H21IN4OS. The van der Waals surface area contributed by atoms with Gasteiger partial charge in [-0.15, -0.1) is 35.3 Å². The van der Waals surface area contributed by atoms with Crippen LogP contribution in [-0.2, 0) is 6.54 Å². The molecule has 3 heterocycles. The molecule has 132 valence electrons. The molecule has 1 aromatic carbocycles. The van der Waals surface area contributed by atoms with E-state index in [-0.39, 0.29) is 24.0 Å². The number of guanidine groups is 1.